The Morgan fingerprint density at radius 2 is 1.25 bits per heavy atom. The lowest BCUT2D eigenvalue weighted by molar-refractivity contribution is 0.389. The molecule has 0 N–H and O–H groups in total. The maximum absolute atomic E-state index is 3.98. The third-order valence-corrected chi connectivity index (χ3v) is 4.36. The molecule has 0 nitrogen and oxygen atoms in total. The molecule has 0 spiro atoms. The number of rotatable bonds is 13. The molecule has 20 heavy (non-hydrogen) atoms. The Kier molecular flexibility index (Phi) is 11.9. The quantitative estimate of drug-likeness (QED) is 0.313. The van der Waals surface area contributed by atoms with Crippen LogP contribution in [0.15, 0.2) is 24.8 Å². The molecule has 118 valence electrons. The van der Waals surface area contributed by atoms with Gasteiger partial charge in [0.05, 0.1) is 0 Å². The van der Waals surface area contributed by atoms with E-state index < -0.39 is 0 Å². The third kappa shape index (κ3) is 12.5. The fourth-order valence-electron chi connectivity index (χ4n) is 2.76. The fraction of sp³-hybridized carbons (Fsp3) is 0.800. The van der Waals surface area contributed by atoms with E-state index >= 15 is 0 Å². The van der Waals surface area contributed by atoms with Gasteiger partial charge in [-0.2, -0.15) is 0 Å². The molecule has 0 heterocycles. The SMILES string of the molecule is C=CC(=C)CCCC(C)CCCC(C)CCCC(C)C. The van der Waals surface area contributed by atoms with Crippen molar-refractivity contribution in [1.29, 1.82) is 0 Å². The van der Waals surface area contributed by atoms with Gasteiger partial charge in [-0.05, 0) is 30.6 Å². The molecule has 0 aromatic carbocycles. The average molecular weight is 279 g/mol. The van der Waals surface area contributed by atoms with Crippen LogP contribution in [0.4, 0.5) is 0 Å². The van der Waals surface area contributed by atoms with Crippen LogP contribution in [0.1, 0.15) is 85.5 Å². The lowest BCUT2D eigenvalue weighted by Gasteiger charge is -2.15. The zero-order valence-corrected chi connectivity index (χ0v) is 14.6. The van der Waals surface area contributed by atoms with Crippen LogP contribution in [0.3, 0.4) is 0 Å². The molecule has 0 amide bonds. The first-order chi connectivity index (χ1) is 9.45. The summed E-state index contributed by atoms with van der Waals surface area (Å²) in [6.07, 6.45) is 14.1. The maximum Gasteiger partial charge on any atom is -0.0285 e. The molecule has 0 aromatic rings. The topological polar surface area (TPSA) is 0 Å². The van der Waals surface area contributed by atoms with Crippen LogP contribution < -0.4 is 0 Å². The summed E-state index contributed by atoms with van der Waals surface area (Å²) in [5.74, 6) is 2.66. The molecule has 0 aliphatic rings. The van der Waals surface area contributed by atoms with Gasteiger partial charge < -0.3 is 0 Å². The summed E-state index contributed by atoms with van der Waals surface area (Å²) in [4.78, 5) is 0. The van der Waals surface area contributed by atoms with Gasteiger partial charge in [-0.15, -0.1) is 0 Å². The third-order valence-electron chi connectivity index (χ3n) is 4.36. The Hall–Kier alpha value is -0.520. The Labute approximate surface area is 128 Å². The molecule has 0 aromatic heterocycles. The lowest BCUT2D eigenvalue weighted by atomic mass is 9.91. The monoisotopic (exact) mass is 278 g/mol. The van der Waals surface area contributed by atoms with Crippen LogP contribution in [0, 0.1) is 17.8 Å². The molecule has 0 heteroatoms. The zero-order chi connectivity index (χ0) is 15.4. The minimum atomic E-state index is 0.868. The zero-order valence-electron chi connectivity index (χ0n) is 14.6. The molecule has 0 fully saturated rings. The van der Waals surface area contributed by atoms with Crippen molar-refractivity contribution in [2.45, 2.75) is 85.5 Å². The lowest BCUT2D eigenvalue weighted by Crippen LogP contribution is -2.00. The Morgan fingerprint density at radius 3 is 1.70 bits per heavy atom. The van der Waals surface area contributed by atoms with Gasteiger partial charge in [0, 0.05) is 0 Å². The van der Waals surface area contributed by atoms with Gasteiger partial charge in [0.15, 0.2) is 0 Å². The summed E-state index contributed by atoms with van der Waals surface area (Å²) in [5, 5.41) is 0. The van der Waals surface area contributed by atoms with E-state index in [0.29, 0.717) is 0 Å². The molecule has 0 aliphatic carbocycles. The van der Waals surface area contributed by atoms with Crippen molar-refractivity contribution in [3.63, 3.8) is 0 Å². The van der Waals surface area contributed by atoms with Crippen LogP contribution >= 0.6 is 0 Å². The van der Waals surface area contributed by atoms with Crippen molar-refractivity contribution in [3.05, 3.63) is 24.8 Å². The number of hydrogen-bond donors (Lipinski definition) is 0. The van der Waals surface area contributed by atoms with Gasteiger partial charge in [-0.25, -0.2) is 0 Å². The minimum Gasteiger partial charge on any atom is -0.0988 e. The van der Waals surface area contributed by atoms with E-state index in [0.717, 1.165) is 24.2 Å². The van der Waals surface area contributed by atoms with Gasteiger partial charge in [0.25, 0.3) is 0 Å². The number of allylic oxidation sites excluding steroid dienone is 2. The van der Waals surface area contributed by atoms with E-state index in [-0.39, 0.29) is 0 Å². The smallest absolute Gasteiger partial charge is 0.0285 e. The van der Waals surface area contributed by atoms with Crippen molar-refractivity contribution in [1.82, 2.24) is 0 Å². The normalized spacial score (nSPS) is 14.2. The molecular formula is C20H38. The fourth-order valence-corrected chi connectivity index (χ4v) is 2.76. The van der Waals surface area contributed by atoms with Gasteiger partial charge in [0.2, 0.25) is 0 Å². The standard InChI is InChI=1S/C20H38/c1-7-18(4)12-9-14-20(6)16-10-15-19(5)13-8-11-17(2)3/h7,17,19-20H,1,4,8-16H2,2-3,5-6H3. The molecular weight excluding hydrogens is 240 g/mol. The minimum absolute atomic E-state index is 0.868. The van der Waals surface area contributed by atoms with Crippen LogP contribution in [0.2, 0.25) is 0 Å². The molecule has 0 saturated heterocycles. The summed E-state index contributed by atoms with van der Waals surface area (Å²) in [5.41, 5.74) is 1.19. The number of hydrogen-bond acceptors (Lipinski definition) is 0. The highest BCUT2D eigenvalue weighted by Gasteiger charge is 2.06. The second-order valence-corrected chi connectivity index (χ2v) is 7.22. The van der Waals surface area contributed by atoms with Gasteiger partial charge in [-0.3, -0.25) is 0 Å². The molecule has 0 radical (unpaired) electrons. The molecule has 0 aliphatic heterocycles. The largest absolute Gasteiger partial charge is 0.0988 e. The highest BCUT2D eigenvalue weighted by molar-refractivity contribution is 5.10. The molecule has 0 saturated carbocycles. The maximum atomic E-state index is 3.98. The van der Waals surface area contributed by atoms with E-state index in [1.54, 1.807) is 0 Å². The second-order valence-electron chi connectivity index (χ2n) is 7.22. The summed E-state index contributed by atoms with van der Waals surface area (Å²) >= 11 is 0. The van der Waals surface area contributed by atoms with Crippen LogP contribution in [0.25, 0.3) is 0 Å². The van der Waals surface area contributed by atoms with E-state index in [1.807, 2.05) is 6.08 Å². The van der Waals surface area contributed by atoms with Crippen molar-refractivity contribution in [2.24, 2.45) is 17.8 Å². The first kappa shape index (κ1) is 19.5. The highest BCUT2D eigenvalue weighted by atomic mass is 14.1. The van der Waals surface area contributed by atoms with E-state index in [2.05, 4.69) is 40.9 Å². The first-order valence-corrected chi connectivity index (χ1v) is 8.75. The van der Waals surface area contributed by atoms with Crippen molar-refractivity contribution < 1.29 is 0 Å². The summed E-state index contributed by atoms with van der Waals surface area (Å²) in [7, 11) is 0. The Balaban J connectivity index is 3.47. The van der Waals surface area contributed by atoms with Crippen molar-refractivity contribution in [3.8, 4) is 0 Å². The van der Waals surface area contributed by atoms with Crippen molar-refractivity contribution >= 4 is 0 Å². The highest BCUT2D eigenvalue weighted by Crippen LogP contribution is 2.21. The second kappa shape index (κ2) is 12.2. The van der Waals surface area contributed by atoms with Crippen LogP contribution in [-0.4, -0.2) is 0 Å². The summed E-state index contributed by atoms with van der Waals surface area (Å²) < 4.78 is 0. The van der Waals surface area contributed by atoms with Crippen LogP contribution in [-0.2, 0) is 0 Å². The van der Waals surface area contributed by atoms with Gasteiger partial charge in [-0.1, -0.05) is 97.4 Å². The first-order valence-electron chi connectivity index (χ1n) is 8.75. The molecule has 0 rings (SSSR count). The predicted octanol–water partition coefficient (Wildman–Crippen LogP) is 7.17. The van der Waals surface area contributed by atoms with E-state index in [4.69, 9.17) is 0 Å². The van der Waals surface area contributed by atoms with Gasteiger partial charge in [0.1, 0.15) is 0 Å². The molecule has 0 bridgehead atoms. The molecule has 2 atom stereocenters. The Morgan fingerprint density at radius 1 is 0.800 bits per heavy atom. The summed E-state index contributed by atoms with van der Waals surface area (Å²) in [6, 6.07) is 0. The van der Waals surface area contributed by atoms with E-state index in [9.17, 15) is 0 Å². The predicted molar refractivity (Wildman–Crippen MR) is 94.1 cm³/mol. The molecule has 2 unspecified atom stereocenters. The van der Waals surface area contributed by atoms with E-state index in [1.165, 1.54) is 56.9 Å². The van der Waals surface area contributed by atoms with Gasteiger partial charge >= 0.3 is 0 Å². The van der Waals surface area contributed by atoms with Crippen LogP contribution in [0.5, 0.6) is 0 Å². The average Bonchev–Trinajstić information content (AvgIpc) is 2.38. The van der Waals surface area contributed by atoms with Crippen molar-refractivity contribution in [2.75, 3.05) is 0 Å². The summed E-state index contributed by atoms with van der Waals surface area (Å²) in [6.45, 7) is 17.2. The Bertz CT molecular complexity index is 249.